The maximum absolute atomic E-state index is 6.08. The van der Waals surface area contributed by atoms with E-state index >= 15 is 0 Å². The third-order valence-electron chi connectivity index (χ3n) is 5.03. The van der Waals surface area contributed by atoms with Crippen LogP contribution in [0.2, 0.25) is 0 Å². The topological polar surface area (TPSA) is 30.5 Å². The Kier molecular flexibility index (Phi) is 6.24. The molecule has 0 heterocycles. The average Bonchev–Trinajstić information content (AvgIpc) is 2.76. The van der Waals surface area contributed by atoms with Crippen LogP contribution in [-0.4, -0.2) is 7.11 Å². The molecule has 4 aromatic rings. The van der Waals surface area contributed by atoms with Gasteiger partial charge < -0.3 is 14.8 Å². The Balaban J connectivity index is 1.51. The van der Waals surface area contributed by atoms with Crippen LogP contribution in [0.3, 0.4) is 0 Å². The predicted octanol–water partition coefficient (Wildman–Crippen LogP) is 7.11. The van der Waals surface area contributed by atoms with Crippen LogP contribution in [0.15, 0.2) is 83.3 Å². The van der Waals surface area contributed by atoms with Gasteiger partial charge in [-0.15, -0.1) is 0 Å². The zero-order valence-electron chi connectivity index (χ0n) is 17.1. The molecule has 0 atom stereocenters. The Labute approximate surface area is 185 Å². The Morgan fingerprint density at radius 1 is 0.867 bits per heavy atom. The van der Waals surface area contributed by atoms with E-state index in [2.05, 4.69) is 94.9 Å². The number of halogens is 1. The third kappa shape index (κ3) is 4.60. The van der Waals surface area contributed by atoms with Gasteiger partial charge in [-0.1, -0.05) is 66.2 Å². The Morgan fingerprint density at radius 2 is 1.67 bits per heavy atom. The lowest BCUT2D eigenvalue weighted by Crippen LogP contribution is -2.03. The summed E-state index contributed by atoms with van der Waals surface area (Å²) in [5, 5.41) is 5.98. The summed E-state index contributed by atoms with van der Waals surface area (Å²) in [6.45, 7) is 3.25. The molecule has 0 amide bonds. The van der Waals surface area contributed by atoms with Gasteiger partial charge in [0, 0.05) is 17.6 Å². The van der Waals surface area contributed by atoms with Gasteiger partial charge in [0.05, 0.1) is 11.6 Å². The third-order valence-corrected chi connectivity index (χ3v) is 5.62. The summed E-state index contributed by atoms with van der Waals surface area (Å²) in [5.74, 6) is 1.43. The molecule has 0 saturated carbocycles. The van der Waals surface area contributed by atoms with Crippen molar-refractivity contribution in [3.63, 3.8) is 0 Å². The Bertz CT molecular complexity index is 1170. The molecule has 0 aliphatic carbocycles. The molecule has 0 fully saturated rings. The minimum atomic E-state index is 0.490. The molecule has 152 valence electrons. The normalized spacial score (nSPS) is 10.8. The van der Waals surface area contributed by atoms with Gasteiger partial charge in [-0.3, -0.25) is 0 Å². The molecule has 0 bridgehead atoms. The number of fused-ring (bicyclic) bond motifs is 1. The lowest BCUT2D eigenvalue weighted by atomic mass is 10.1. The van der Waals surface area contributed by atoms with Gasteiger partial charge in [-0.25, -0.2) is 0 Å². The highest BCUT2D eigenvalue weighted by Gasteiger charge is 2.12. The number of anilines is 1. The maximum atomic E-state index is 6.08. The first kappa shape index (κ1) is 20.3. The highest BCUT2D eigenvalue weighted by atomic mass is 79.9. The van der Waals surface area contributed by atoms with Gasteiger partial charge in [0.25, 0.3) is 0 Å². The molecule has 0 aromatic heterocycles. The van der Waals surface area contributed by atoms with E-state index < -0.39 is 0 Å². The quantitative estimate of drug-likeness (QED) is 0.318. The van der Waals surface area contributed by atoms with Gasteiger partial charge in [0.2, 0.25) is 0 Å². The smallest absolute Gasteiger partial charge is 0.175 e. The van der Waals surface area contributed by atoms with Gasteiger partial charge >= 0.3 is 0 Å². The summed E-state index contributed by atoms with van der Waals surface area (Å²) in [7, 11) is 1.67. The highest BCUT2D eigenvalue weighted by molar-refractivity contribution is 9.10. The second-order valence-corrected chi connectivity index (χ2v) is 8.12. The molecule has 0 spiro atoms. The summed E-state index contributed by atoms with van der Waals surface area (Å²) in [6, 6.07) is 27.1. The van der Waals surface area contributed by atoms with E-state index in [0.717, 1.165) is 21.3 Å². The van der Waals surface area contributed by atoms with Crippen LogP contribution < -0.4 is 14.8 Å². The maximum Gasteiger partial charge on any atom is 0.175 e. The molecule has 0 aliphatic rings. The van der Waals surface area contributed by atoms with E-state index in [1.807, 2.05) is 12.1 Å². The van der Waals surface area contributed by atoms with Crippen molar-refractivity contribution in [1.29, 1.82) is 0 Å². The molecule has 4 rings (SSSR count). The zero-order chi connectivity index (χ0) is 20.9. The first-order valence-corrected chi connectivity index (χ1v) is 10.7. The molecule has 0 radical (unpaired) electrons. The van der Waals surface area contributed by atoms with Crippen molar-refractivity contribution in [2.75, 3.05) is 12.4 Å². The van der Waals surface area contributed by atoms with E-state index in [1.165, 1.54) is 16.3 Å². The van der Waals surface area contributed by atoms with Gasteiger partial charge in [0.1, 0.15) is 6.61 Å². The second kappa shape index (κ2) is 9.23. The molecule has 0 unspecified atom stereocenters. The molecule has 0 saturated heterocycles. The number of benzene rings is 4. The standard InChI is InChI=1S/C26H24BrNO2/c1-18-7-5-8-19(13-18)17-30-26-23(27)14-20(15-25(26)29-2)16-28-24-12-6-10-21-9-3-4-11-22(21)24/h3-15,28H,16-17H2,1-2H3. The van der Waals surface area contributed by atoms with Crippen molar-refractivity contribution < 1.29 is 9.47 Å². The average molecular weight is 462 g/mol. The van der Waals surface area contributed by atoms with Gasteiger partial charge in [-0.2, -0.15) is 0 Å². The Morgan fingerprint density at radius 3 is 2.50 bits per heavy atom. The molecular weight excluding hydrogens is 438 g/mol. The van der Waals surface area contributed by atoms with Crippen molar-refractivity contribution in [3.8, 4) is 11.5 Å². The number of ether oxygens (including phenoxy) is 2. The first-order valence-electron chi connectivity index (χ1n) is 9.90. The predicted molar refractivity (Wildman–Crippen MR) is 127 cm³/mol. The number of aryl methyl sites for hydroxylation is 1. The SMILES string of the molecule is COc1cc(CNc2cccc3ccccc23)cc(Br)c1OCc1cccc(C)c1. The summed E-state index contributed by atoms with van der Waals surface area (Å²) >= 11 is 3.66. The summed E-state index contributed by atoms with van der Waals surface area (Å²) in [6.07, 6.45) is 0. The summed E-state index contributed by atoms with van der Waals surface area (Å²) < 4.78 is 12.6. The fourth-order valence-electron chi connectivity index (χ4n) is 3.55. The van der Waals surface area contributed by atoms with Crippen molar-refractivity contribution in [3.05, 3.63) is 100 Å². The number of methoxy groups -OCH3 is 1. The number of nitrogens with one attached hydrogen (secondary N) is 1. The number of hydrogen-bond donors (Lipinski definition) is 1. The Hall–Kier alpha value is -2.98. The van der Waals surface area contributed by atoms with Crippen LogP contribution in [-0.2, 0) is 13.2 Å². The molecule has 4 aromatic carbocycles. The largest absolute Gasteiger partial charge is 0.493 e. The molecular formula is C26H24BrNO2. The van der Waals surface area contributed by atoms with Crippen LogP contribution >= 0.6 is 15.9 Å². The van der Waals surface area contributed by atoms with E-state index in [9.17, 15) is 0 Å². The van der Waals surface area contributed by atoms with E-state index in [1.54, 1.807) is 7.11 Å². The highest BCUT2D eigenvalue weighted by Crippen LogP contribution is 2.37. The fraction of sp³-hybridized carbons (Fsp3) is 0.154. The second-order valence-electron chi connectivity index (χ2n) is 7.27. The van der Waals surface area contributed by atoms with Crippen molar-refractivity contribution in [2.24, 2.45) is 0 Å². The van der Waals surface area contributed by atoms with Crippen LogP contribution in [0.5, 0.6) is 11.5 Å². The molecule has 30 heavy (non-hydrogen) atoms. The van der Waals surface area contributed by atoms with E-state index in [-0.39, 0.29) is 0 Å². The summed E-state index contributed by atoms with van der Waals surface area (Å²) in [4.78, 5) is 0. The minimum Gasteiger partial charge on any atom is -0.493 e. The van der Waals surface area contributed by atoms with Crippen LogP contribution in [0.25, 0.3) is 10.8 Å². The van der Waals surface area contributed by atoms with E-state index in [4.69, 9.17) is 9.47 Å². The minimum absolute atomic E-state index is 0.490. The zero-order valence-corrected chi connectivity index (χ0v) is 18.7. The van der Waals surface area contributed by atoms with Crippen LogP contribution in [0.4, 0.5) is 5.69 Å². The lowest BCUT2D eigenvalue weighted by Gasteiger charge is -2.16. The van der Waals surface area contributed by atoms with Crippen LogP contribution in [0, 0.1) is 6.92 Å². The molecule has 3 nitrogen and oxygen atoms in total. The molecule has 4 heteroatoms. The number of hydrogen-bond acceptors (Lipinski definition) is 3. The summed E-state index contributed by atoms with van der Waals surface area (Å²) in [5.41, 5.74) is 4.57. The number of rotatable bonds is 7. The fourth-order valence-corrected chi connectivity index (χ4v) is 4.15. The van der Waals surface area contributed by atoms with Crippen LogP contribution in [0.1, 0.15) is 16.7 Å². The van der Waals surface area contributed by atoms with E-state index in [0.29, 0.717) is 24.7 Å². The lowest BCUT2D eigenvalue weighted by molar-refractivity contribution is 0.282. The van der Waals surface area contributed by atoms with Crippen molar-refractivity contribution >= 4 is 32.4 Å². The van der Waals surface area contributed by atoms with Gasteiger partial charge in [0.15, 0.2) is 11.5 Å². The van der Waals surface area contributed by atoms with Crippen molar-refractivity contribution in [1.82, 2.24) is 0 Å². The van der Waals surface area contributed by atoms with Crippen molar-refractivity contribution in [2.45, 2.75) is 20.1 Å². The molecule has 0 aliphatic heterocycles. The monoisotopic (exact) mass is 461 g/mol. The van der Waals surface area contributed by atoms with Gasteiger partial charge in [-0.05, 0) is 57.6 Å². The first-order chi connectivity index (χ1) is 14.6. The molecule has 1 N–H and O–H groups in total.